The smallest absolute Gasteiger partial charge is 0.124 e. The van der Waals surface area contributed by atoms with Gasteiger partial charge in [0, 0.05) is 41.5 Å². The first-order chi connectivity index (χ1) is 17.8. The zero-order chi connectivity index (χ0) is 25.6. The van der Waals surface area contributed by atoms with Gasteiger partial charge in [-0.1, -0.05) is 17.8 Å². The fourth-order valence-corrected chi connectivity index (χ4v) is 5.03. The summed E-state index contributed by atoms with van der Waals surface area (Å²) in [5.74, 6) is 7.79. The summed E-state index contributed by atoms with van der Waals surface area (Å²) in [6.45, 7) is 0.491. The average Bonchev–Trinajstić information content (AvgIpc) is 3.51. The average molecular weight is 509 g/mol. The monoisotopic (exact) mass is 508 g/mol. The molecular weight excluding hydrogens is 483 g/mol. The van der Waals surface area contributed by atoms with Gasteiger partial charge in [0.15, 0.2) is 0 Å². The molecule has 2 aromatic carbocycles. The highest BCUT2D eigenvalue weighted by atomic mass is 32.2. The van der Waals surface area contributed by atoms with Gasteiger partial charge in [-0.15, -0.1) is 0 Å². The first kappa shape index (κ1) is 23.1. The van der Waals surface area contributed by atoms with Crippen molar-refractivity contribution in [2.75, 3.05) is 6.26 Å². The van der Waals surface area contributed by atoms with Crippen LogP contribution in [0.25, 0.3) is 55.4 Å². The molecule has 8 heteroatoms. The van der Waals surface area contributed by atoms with Crippen molar-refractivity contribution < 1.29 is 4.39 Å². The van der Waals surface area contributed by atoms with Crippen LogP contribution in [0.3, 0.4) is 0 Å². The highest BCUT2D eigenvalue weighted by molar-refractivity contribution is 8.25. The second-order valence-electron chi connectivity index (χ2n) is 9.34. The van der Waals surface area contributed by atoms with Gasteiger partial charge >= 0.3 is 0 Å². The van der Waals surface area contributed by atoms with Gasteiger partial charge in [0.2, 0.25) is 0 Å². The molecule has 0 spiro atoms. The molecule has 0 atom stereocenters. The molecule has 6 rings (SSSR count). The summed E-state index contributed by atoms with van der Waals surface area (Å²) in [6, 6.07) is 17.3. The number of hydrogen-bond acceptors (Lipinski definition) is 4. The van der Waals surface area contributed by atoms with Crippen LogP contribution in [0.1, 0.15) is 5.56 Å². The van der Waals surface area contributed by atoms with E-state index in [9.17, 15) is 4.39 Å². The largest absolute Gasteiger partial charge is 0.352 e. The quantitative estimate of drug-likeness (QED) is 0.231. The van der Waals surface area contributed by atoms with Crippen molar-refractivity contribution >= 4 is 42.9 Å². The highest BCUT2D eigenvalue weighted by Gasteiger charge is 2.15. The Morgan fingerprint density at radius 2 is 1.70 bits per heavy atom. The Kier molecular flexibility index (Phi) is 5.62. The van der Waals surface area contributed by atoms with E-state index in [1.165, 1.54) is 12.1 Å². The van der Waals surface area contributed by atoms with Crippen LogP contribution in [0.5, 0.6) is 0 Å². The predicted molar refractivity (Wildman–Crippen MR) is 154 cm³/mol. The minimum absolute atomic E-state index is 0.297. The molecule has 4 heterocycles. The minimum Gasteiger partial charge on any atom is -0.352 e. The lowest BCUT2D eigenvalue weighted by molar-refractivity contribution is 0.625. The fraction of sp³-hybridized carbons (Fsp3) is 0.0690. The minimum atomic E-state index is -1.41. The van der Waals surface area contributed by atoms with Crippen LogP contribution in [0, 0.1) is 5.82 Å². The molecule has 0 aliphatic carbocycles. The zero-order valence-corrected chi connectivity index (χ0v) is 21.1. The Morgan fingerprint density at radius 3 is 2.51 bits per heavy atom. The van der Waals surface area contributed by atoms with Gasteiger partial charge in [0.1, 0.15) is 11.5 Å². The van der Waals surface area contributed by atoms with Gasteiger partial charge in [0.25, 0.3) is 0 Å². The molecule has 37 heavy (non-hydrogen) atoms. The van der Waals surface area contributed by atoms with Crippen molar-refractivity contribution in [2.45, 2.75) is 6.54 Å². The van der Waals surface area contributed by atoms with E-state index in [2.05, 4.69) is 59.8 Å². The number of H-pyrrole nitrogens is 2. The number of nitrogens with zero attached hydrogens (tertiary/aromatic N) is 3. The van der Waals surface area contributed by atoms with Crippen LogP contribution in [-0.2, 0) is 6.54 Å². The van der Waals surface area contributed by atoms with Crippen LogP contribution in [-0.4, -0.2) is 43.1 Å². The normalized spacial score (nSPS) is 11.9. The van der Waals surface area contributed by atoms with Gasteiger partial charge < -0.3 is 4.98 Å². The molecule has 0 aliphatic rings. The number of halogens is 1. The highest BCUT2D eigenvalue weighted by Crippen LogP contribution is 2.35. The predicted octanol–water partition coefficient (Wildman–Crippen LogP) is 6.28. The summed E-state index contributed by atoms with van der Waals surface area (Å²) in [7, 11) is -1.41. The Bertz CT molecular complexity index is 1870. The van der Waals surface area contributed by atoms with Crippen LogP contribution < -0.4 is 4.72 Å². The van der Waals surface area contributed by atoms with Crippen molar-refractivity contribution in [1.29, 1.82) is 0 Å². The molecule has 0 amide bonds. The van der Waals surface area contributed by atoms with E-state index < -0.39 is 9.39 Å². The molecule has 6 nitrogen and oxygen atoms in total. The second-order valence-corrected chi connectivity index (χ2v) is 12.2. The summed E-state index contributed by atoms with van der Waals surface area (Å²) >= 11 is 0. The molecule has 0 saturated carbocycles. The Hall–Kier alpha value is -4.27. The standard InChI is InChI=1S/C29H25FN6S/c1-37(2,3)33-15-18-10-21(12-22(30)11-18)25-16-32-17-28-23(25)14-27(34-28)29-24-13-20(4-5-26(24)35-36-29)19-6-8-31-9-7-19/h4-14,16-17,33-34H,1-2,15H2,3H3,(H,35,36). The molecule has 6 aromatic rings. The maximum Gasteiger partial charge on any atom is 0.124 e. The number of hydrogen-bond donors (Lipinski definition) is 3. The number of aromatic nitrogens is 5. The van der Waals surface area contributed by atoms with Crippen molar-refractivity contribution in [1.82, 2.24) is 29.9 Å². The van der Waals surface area contributed by atoms with Gasteiger partial charge in [-0.2, -0.15) is 14.5 Å². The van der Waals surface area contributed by atoms with Crippen molar-refractivity contribution in [3.05, 3.63) is 90.8 Å². The first-order valence-corrected chi connectivity index (χ1v) is 14.1. The van der Waals surface area contributed by atoms with Crippen molar-refractivity contribution in [3.63, 3.8) is 0 Å². The van der Waals surface area contributed by atoms with Crippen LogP contribution >= 0.6 is 9.39 Å². The first-order valence-electron chi connectivity index (χ1n) is 11.7. The lowest BCUT2D eigenvalue weighted by Crippen LogP contribution is -2.08. The molecule has 0 saturated heterocycles. The summed E-state index contributed by atoms with van der Waals surface area (Å²) < 4.78 is 17.9. The molecule has 0 radical (unpaired) electrons. The number of fused-ring (bicyclic) bond motifs is 2. The Morgan fingerprint density at radius 1 is 0.865 bits per heavy atom. The molecule has 0 bridgehead atoms. The van der Waals surface area contributed by atoms with E-state index in [1.54, 1.807) is 24.8 Å². The summed E-state index contributed by atoms with van der Waals surface area (Å²) in [6.07, 6.45) is 9.08. The van der Waals surface area contributed by atoms with Gasteiger partial charge in [-0.05, 0) is 77.0 Å². The van der Waals surface area contributed by atoms with E-state index in [0.717, 1.165) is 61.0 Å². The number of aromatic amines is 2. The maximum atomic E-state index is 14.6. The van der Waals surface area contributed by atoms with Gasteiger partial charge in [-0.25, -0.2) is 4.39 Å². The Balaban J connectivity index is 1.44. The molecule has 184 valence electrons. The van der Waals surface area contributed by atoms with E-state index in [0.29, 0.717) is 6.54 Å². The van der Waals surface area contributed by atoms with Crippen molar-refractivity contribution in [3.8, 4) is 33.6 Å². The van der Waals surface area contributed by atoms with E-state index in [1.807, 2.05) is 30.5 Å². The van der Waals surface area contributed by atoms with Crippen LogP contribution in [0.4, 0.5) is 4.39 Å². The lowest BCUT2D eigenvalue weighted by Gasteiger charge is -2.12. The van der Waals surface area contributed by atoms with E-state index >= 15 is 0 Å². The molecule has 0 aliphatic heterocycles. The molecule has 0 unspecified atom stereocenters. The van der Waals surface area contributed by atoms with Crippen LogP contribution in [0.2, 0.25) is 0 Å². The molecule has 4 aromatic heterocycles. The number of nitrogens with one attached hydrogen (secondary N) is 3. The SMILES string of the molecule is C=S(=C)(C)NCc1cc(F)cc(-c2cncc3[nH]c(-c4n[nH]c5ccc(-c6ccncc6)cc45)cc23)c1. The third-order valence-electron chi connectivity index (χ3n) is 6.27. The second kappa shape index (κ2) is 8.99. The number of benzene rings is 2. The maximum absolute atomic E-state index is 14.6. The third-order valence-corrected chi connectivity index (χ3v) is 7.11. The number of rotatable bonds is 6. The molecule has 3 N–H and O–H groups in total. The zero-order valence-electron chi connectivity index (χ0n) is 20.3. The fourth-order valence-electron chi connectivity index (χ4n) is 4.52. The van der Waals surface area contributed by atoms with Gasteiger partial charge in [-0.3, -0.25) is 19.8 Å². The lowest BCUT2D eigenvalue weighted by atomic mass is 10.0. The summed E-state index contributed by atoms with van der Waals surface area (Å²) in [5.41, 5.74) is 8.06. The summed E-state index contributed by atoms with van der Waals surface area (Å²) in [5, 5.41) is 9.69. The molecular formula is C29H25FN6S. The van der Waals surface area contributed by atoms with Crippen molar-refractivity contribution in [2.24, 2.45) is 0 Å². The topological polar surface area (TPSA) is 82.3 Å². The van der Waals surface area contributed by atoms with Gasteiger partial charge in [0.05, 0.1) is 22.9 Å². The molecule has 0 fully saturated rings. The Labute approximate surface area is 214 Å². The number of pyridine rings is 2. The third kappa shape index (κ3) is 4.64. The summed E-state index contributed by atoms with van der Waals surface area (Å²) in [4.78, 5) is 12.0. The van der Waals surface area contributed by atoms with E-state index in [4.69, 9.17) is 0 Å². The van der Waals surface area contributed by atoms with E-state index in [-0.39, 0.29) is 5.82 Å². The van der Waals surface area contributed by atoms with Crippen LogP contribution in [0.15, 0.2) is 79.4 Å².